The summed E-state index contributed by atoms with van der Waals surface area (Å²) in [5.41, 5.74) is 3.64. The van der Waals surface area contributed by atoms with Crippen LogP contribution in [-0.4, -0.2) is 39.1 Å². The highest BCUT2D eigenvalue weighted by Gasteiger charge is 2.51. The van der Waals surface area contributed by atoms with Crippen molar-refractivity contribution in [2.45, 2.75) is 18.3 Å². The van der Waals surface area contributed by atoms with Crippen LogP contribution in [0.3, 0.4) is 0 Å². The van der Waals surface area contributed by atoms with Crippen molar-refractivity contribution in [2.75, 3.05) is 11.9 Å². The van der Waals surface area contributed by atoms with Gasteiger partial charge in [0.05, 0.1) is 12.0 Å². The Morgan fingerprint density at radius 1 is 1.06 bits per heavy atom. The smallest absolute Gasteiger partial charge is 0.270 e. The van der Waals surface area contributed by atoms with Crippen LogP contribution in [0, 0.1) is 0 Å². The third kappa shape index (κ3) is 2.95. The number of nitrogens with zero attached hydrogens (tertiary/aromatic N) is 2. The average molecular weight is 437 g/mol. The second-order valence-electron chi connectivity index (χ2n) is 8.48. The second kappa shape index (κ2) is 7.09. The Labute approximate surface area is 188 Å². The molecule has 0 fully saturated rings. The van der Waals surface area contributed by atoms with Crippen molar-refractivity contribution in [1.29, 1.82) is 0 Å². The summed E-state index contributed by atoms with van der Waals surface area (Å²) in [5, 5.41) is 6.37. The van der Waals surface area contributed by atoms with Crippen molar-refractivity contribution in [2.24, 2.45) is 0 Å². The number of aromatic nitrogens is 3. The fourth-order valence-electron chi connectivity index (χ4n) is 4.93. The van der Waals surface area contributed by atoms with Gasteiger partial charge in [-0.25, -0.2) is 4.98 Å². The van der Waals surface area contributed by atoms with Crippen molar-refractivity contribution >= 4 is 34.3 Å². The van der Waals surface area contributed by atoms with Crippen LogP contribution in [0.1, 0.15) is 37.5 Å². The Morgan fingerprint density at radius 2 is 1.91 bits per heavy atom. The minimum atomic E-state index is -0.714. The van der Waals surface area contributed by atoms with Gasteiger partial charge in [0.25, 0.3) is 5.91 Å². The van der Waals surface area contributed by atoms with E-state index in [9.17, 15) is 14.4 Å². The van der Waals surface area contributed by atoms with Gasteiger partial charge >= 0.3 is 0 Å². The van der Waals surface area contributed by atoms with Crippen LogP contribution in [-0.2, 0) is 23.1 Å². The molecule has 8 heteroatoms. The largest absolute Gasteiger partial charge is 0.360 e. The molecule has 3 aromatic heterocycles. The highest BCUT2D eigenvalue weighted by molar-refractivity contribution is 6.10. The molecule has 2 aliphatic rings. The monoisotopic (exact) mass is 437 g/mol. The highest BCUT2D eigenvalue weighted by Crippen LogP contribution is 2.46. The fraction of sp³-hybridized carbons (Fsp3) is 0.160. The van der Waals surface area contributed by atoms with Crippen molar-refractivity contribution in [3.05, 3.63) is 89.0 Å². The van der Waals surface area contributed by atoms with E-state index in [-0.39, 0.29) is 23.9 Å². The summed E-state index contributed by atoms with van der Waals surface area (Å²) in [5.74, 6) is -0.0997. The summed E-state index contributed by atoms with van der Waals surface area (Å²) >= 11 is 0. The number of anilines is 1. The summed E-state index contributed by atoms with van der Waals surface area (Å²) in [7, 11) is 0. The summed E-state index contributed by atoms with van der Waals surface area (Å²) in [6, 6.07) is 13.0. The van der Waals surface area contributed by atoms with Crippen LogP contribution in [0.4, 0.5) is 5.82 Å². The van der Waals surface area contributed by atoms with E-state index in [1.54, 1.807) is 24.7 Å². The molecule has 4 heterocycles. The molecule has 1 unspecified atom stereocenters. The predicted molar refractivity (Wildman–Crippen MR) is 121 cm³/mol. The number of hydrogen-bond acceptors (Lipinski definition) is 5. The Balaban J connectivity index is 1.20. The average Bonchev–Trinajstić information content (AvgIpc) is 3.51. The first-order chi connectivity index (χ1) is 16.0. The molecule has 4 aromatic rings. The van der Waals surface area contributed by atoms with Crippen molar-refractivity contribution in [3.63, 3.8) is 0 Å². The number of Topliss-reactive ketones (excluding diaryl/α,β-unsaturated/α-hetero) is 1. The molecule has 1 atom stereocenters. The number of pyridine rings is 2. The minimum Gasteiger partial charge on any atom is -0.360 e. The molecule has 0 saturated heterocycles. The number of rotatable bonds is 4. The van der Waals surface area contributed by atoms with Gasteiger partial charge in [0.15, 0.2) is 5.78 Å². The number of aromatic amines is 1. The standard InChI is InChI=1S/C25H19N5O3/c31-21(17-12-28-19-6-2-1-4-16(17)19)13-29-23(32)20-8-14-9-25(10-15(14)11-27-20)18-5-3-7-26-22(18)30-24(25)33/h1-8,11-12,28H,9-10,13H2,(H,29,32)(H,26,30,33). The first-order valence-corrected chi connectivity index (χ1v) is 10.7. The summed E-state index contributed by atoms with van der Waals surface area (Å²) in [6.07, 6.45) is 5.96. The topological polar surface area (TPSA) is 117 Å². The van der Waals surface area contributed by atoms with Crippen LogP contribution in [0.15, 0.2) is 61.1 Å². The van der Waals surface area contributed by atoms with Crippen molar-refractivity contribution in [3.8, 4) is 0 Å². The predicted octanol–water partition coefficient (Wildman–Crippen LogP) is 2.56. The van der Waals surface area contributed by atoms with E-state index in [2.05, 4.69) is 25.6 Å². The van der Waals surface area contributed by atoms with Gasteiger partial charge in [-0.05, 0) is 42.2 Å². The van der Waals surface area contributed by atoms with Gasteiger partial charge in [0.1, 0.15) is 11.5 Å². The zero-order valence-electron chi connectivity index (χ0n) is 17.5. The number of nitrogens with one attached hydrogen (secondary N) is 3. The molecule has 3 N–H and O–H groups in total. The van der Waals surface area contributed by atoms with E-state index < -0.39 is 11.3 Å². The van der Waals surface area contributed by atoms with Crippen LogP contribution in [0.2, 0.25) is 0 Å². The number of H-pyrrole nitrogens is 1. The fourth-order valence-corrected chi connectivity index (χ4v) is 4.93. The molecule has 8 nitrogen and oxygen atoms in total. The summed E-state index contributed by atoms with van der Waals surface area (Å²) in [6.45, 7) is -0.134. The maximum atomic E-state index is 12.8. The number of benzene rings is 1. The van der Waals surface area contributed by atoms with Gasteiger partial charge in [0.2, 0.25) is 5.91 Å². The number of fused-ring (bicyclic) bond motifs is 4. The zero-order valence-corrected chi connectivity index (χ0v) is 17.5. The SMILES string of the molecule is O=C(NCC(=O)c1c[nH]c2ccccc12)c1cc2c(cn1)CC1(C2)C(=O)Nc2ncccc21. The molecule has 0 saturated carbocycles. The van der Waals surface area contributed by atoms with E-state index >= 15 is 0 Å². The molecule has 1 aromatic carbocycles. The quantitative estimate of drug-likeness (QED) is 0.424. The lowest BCUT2D eigenvalue weighted by atomic mass is 9.79. The molecular weight excluding hydrogens is 418 g/mol. The van der Waals surface area contributed by atoms with E-state index in [1.165, 1.54) is 0 Å². The normalized spacial score (nSPS) is 18.2. The number of hydrogen-bond donors (Lipinski definition) is 3. The number of para-hydroxylation sites is 1. The lowest BCUT2D eigenvalue weighted by Gasteiger charge is -2.20. The van der Waals surface area contributed by atoms with Crippen LogP contribution in [0.25, 0.3) is 10.9 Å². The Morgan fingerprint density at radius 3 is 2.82 bits per heavy atom. The van der Waals surface area contributed by atoms with Crippen molar-refractivity contribution < 1.29 is 14.4 Å². The van der Waals surface area contributed by atoms with Gasteiger partial charge in [-0.15, -0.1) is 0 Å². The molecular formula is C25H19N5O3. The molecule has 0 bridgehead atoms. The maximum absolute atomic E-state index is 12.8. The van der Waals surface area contributed by atoms with Gasteiger partial charge in [-0.2, -0.15) is 0 Å². The van der Waals surface area contributed by atoms with Crippen molar-refractivity contribution in [1.82, 2.24) is 20.3 Å². The number of ketones is 1. The van der Waals surface area contributed by atoms with E-state index in [0.29, 0.717) is 24.2 Å². The third-order valence-electron chi connectivity index (χ3n) is 6.59. The zero-order chi connectivity index (χ0) is 22.6. The van der Waals surface area contributed by atoms with Gasteiger partial charge in [-0.1, -0.05) is 24.3 Å². The van der Waals surface area contributed by atoms with Crippen LogP contribution in [0.5, 0.6) is 0 Å². The second-order valence-corrected chi connectivity index (χ2v) is 8.48. The van der Waals surface area contributed by atoms with Crippen LogP contribution < -0.4 is 10.6 Å². The molecule has 2 amide bonds. The molecule has 1 spiro atoms. The third-order valence-corrected chi connectivity index (χ3v) is 6.59. The van der Waals surface area contributed by atoms with E-state index in [1.807, 2.05) is 36.4 Å². The number of carbonyl (C=O) groups excluding carboxylic acids is 3. The number of amides is 2. The number of carbonyl (C=O) groups is 3. The molecule has 162 valence electrons. The maximum Gasteiger partial charge on any atom is 0.270 e. The Hall–Kier alpha value is -4.33. The lowest BCUT2D eigenvalue weighted by Crippen LogP contribution is -2.35. The summed E-state index contributed by atoms with van der Waals surface area (Å²) < 4.78 is 0. The molecule has 6 rings (SSSR count). The van der Waals surface area contributed by atoms with Gasteiger partial charge < -0.3 is 15.6 Å². The molecule has 0 radical (unpaired) electrons. The Bertz CT molecular complexity index is 1470. The summed E-state index contributed by atoms with van der Waals surface area (Å²) in [4.78, 5) is 49.9. The Kier molecular flexibility index (Phi) is 4.16. The van der Waals surface area contributed by atoms with E-state index in [0.717, 1.165) is 27.6 Å². The molecule has 33 heavy (non-hydrogen) atoms. The molecule has 1 aliphatic heterocycles. The minimum absolute atomic E-state index is 0.0808. The molecule has 1 aliphatic carbocycles. The van der Waals surface area contributed by atoms with Gasteiger partial charge in [-0.3, -0.25) is 19.4 Å². The van der Waals surface area contributed by atoms with Gasteiger partial charge in [0, 0.05) is 40.6 Å². The van der Waals surface area contributed by atoms with Crippen LogP contribution >= 0.6 is 0 Å². The first-order valence-electron chi connectivity index (χ1n) is 10.7. The van der Waals surface area contributed by atoms with E-state index in [4.69, 9.17) is 0 Å². The highest BCUT2D eigenvalue weighted by atomic mass is 16.2. The lowest BCUT2D eigenvalue weighted by molar-refractivity contribution is -0.120. The first kappa shape index (κ1) is 19.4.